The number of hydrogen-bond donors (Lipinski definition) is 1. The lowest BCUT2D eigenvalue weighted by Crippen LogP contribution is -2.06. The van der Waals surface area contributed by atoms with Crippen molar-refractivity contribution in [3.63, 3.8) is 0 Å². The monoisotopic (exact) mass is 137 g/mol. The van der Waals surface area contributed by atoms with E-state index in [2.05, 4.69) is 9.97 Å². The van der Waals surface area contributed by atoms with Gasteiger partial charge in [0.15, 0.2) is 0 Å². The van der Waals surface area contributed by atoms with Gasteiger partial charge in [-0.2, -0.15) is 0 Å². The normalized spacial score (nSPS) is 13.1. The predicted octanol–water partition coefficient (Wildman–Crippen LogP) is 0.805. The highest BCUT2D eigenvalue weighted by atomic mass is 14.9. The maximum absolute atomic E-state index is 5.58. The summed E-state index contributed by atoms with van der Waals surface area (Å²) in [5, 5.41) is 0. The Labute approximate surface area is 60.3 Å². The molecule has 3 heteroatoms. The molecule has 1 heterocycles. The summed E-state index contributed by atoms with van der Waals surface area (Å²) in [6, 6.07) is 0.0283. The van der Waals surface area contributed by atoms with Gasteiger partial charge >= 0.3 is 0 Å². The molecule has 0 radical (unpaired) electrons. The third kappa shape index (κ3) is 1.51. The van der Waals surface area contributed by atoms with E-state index >= 15 is 0 Å². The number of aromatic nitrogens is 2. The highest BCUT2D eigenvalue weighted by Crippen LogP contribution is 2.04. The fourth-order valence-corrected chi connectivity index (χ4v) is 0.638. The first-order chi connectivity index (χ1) is 4.70. The second-order valence-corrected chi connectivity index (χ2v) is 2.35. The quantitative estimate of drug-likeness (QED) is 0.623. The molecule has 0 aliphatic rings. The lowest BCUT2D eigenvalue weighted by Gasteiger charge is -2.02. The van der Waals surface area contributed by atoms with Gasteiger partial charge in [0.05, 0.1) is 0 Å². The Hall–Kier alpha value is -0.960. The highest BCUT2D eigenvalue weighted by molar-refractivity contribution is 5.08. The zero-order valence-corrected chi connectivity index (χ0v) is 6.20. The molecule has 0 aromatic carbocycles. The van der Waals surface area contributed by atoms with Crippen molar-refractivity contribution in [1.29, 1.82) is 0 Å². The van der Waals surface area contributed by atoms with E-state index in [1.54, 1.807) is 12.4 Å². The Morgan fingerprint density at radius 3 is 2.30 bits per heavy atom. The van der Waals surface area contributed by atoms with Crippen molar-refractivity contribution in [2.75, 3.05) is 0 Å². The Kier molecular flexibility index (Phi) is 1.97. The van der Waals surface area contributed by atoms with Gasteiger partial charge in [0, 0.05) is 24.0 Å². The van der Waals surface area contributed by atoms with Crippen LogP contribution in [0.5, 0.6) is 0 Å². The van der Waals surface area contributed by atoms with E-state index in [4.69, 9.17) is 5.73 Å². The first-order valence-electron chi connectivity index (χ1n) is 3.24. The van der Waals surface area contributed by atoms with Crippen molar-refractivity contribution in [2.24, 2.45) is 5.73 Å². The second-order valence-electron chi connectivity index (χ2n) is 2.35. The van der Waals surface area contributed by atoms with Gasteiger partial charge in [-0.1, -0.05) is 0 Å². The molecule has 0 saturated carbocycles. The fraction of sp³-hybridized carbons (Fsp3) is 0.429. The minimum absolute atomic E-state index is 0.0283. The molecular formula is C7H11N3. The first-order valence-corrected chi connectivity index (χ1v) is 3.24. The number of nitrogens with zero attached hydrogens (tertiary/aromatic N) is 2. The van der Waals surface area contributed by atoms with Crippen LogP contribution in [-0.4, -0.2) is 9.97 Å². The predicted molar refractivity (Wildman–Crippen MR) is 39.4 cm³/mol. The van der Waals surface area contributed by atoms with E-state index < -0.39 is 0 Å². The van der Waals surface area contributed by atoms with Gasteiger partial charge in [-0.3, -0.25) is 0 Å². The van der Waals surface area contributed by atoms with Crippen LogP contribution in [0.2, 0.25) is 0 Å². The van der Waals surface area contributed by atoms with E-state index in [9.17, 15) is 0 Å². The van der Waals surface area contributed by atoms with Crippen molar-refractivity contribution in [3.05, 3.63) is 23.8 Å². The van der Waals surface area contributed by atoms with Crippen molar-refractivity contribution >= 4 is 0 Å². The maximum atomic E-state index is 5.58. The summed E-state index contributed by atoms with van der Waals surface area (Å²) < 4.78 is 0. The summed E-state index contributed by atoms with van der Waals surface area (Å²) in [4.78, 5) is 8.02. The van der Waals surface area contributed by atoms with Crippen molar-refractivity contribution < 1.29 is 0 Å². The molecule has 1 atom stereocenters. The summed E-state index contributed by atoms with van der Waals surface area (Å²) in [7, 11) is 0. The van der Waals surface area contributed by atoms with Crippen LogP contribution in [-0.2, 0) is 0 Å². The van der Waals surface area contributed by atoms with Crippen molar-refractivity contribution in [3.8, 4) is 0 Å². The second kappa shape index (κ2) is 2.75. The third-order valence-corrected chi connectivity index (χ3v) is 1.33. The van der Waals surface area contributed by atoms with E-state index in [-0.39, 0.29) is 6.04 Å². The number of nitrogens with two attached hydrogens (primary N) is 1. The molecular weight excluding hydrogens is 126 g/mol. The zero-order valence-electron chi connectivity index (χ0n) is 6.20. The van der Waals surface area contributed by atoms with Crippen molar-refractivity contribution in [2.45, 2.75) is 19.9 Å². The topological polar surface area (TPSA) is 51.8 Å². The molecule has 0 fully saturated rings. The van der Waals surface area contributed by atoms with E-state index in [0.29, 0.717) is 0 Å². The van der Waals surface area contributed by atoms with E-state index in [1.165, 1.54) is 0 Å². The highest BCUT2D eigenvalue weighted by Gasteiger charge is 1.97. The van der Waals surface area contributed by atoms with Gasteiger partial charge in [-0.15, -0.1) is 0 Å². The van der Waals surface area contributed by atoms with E-state index in [0.717, 1.165) is 11.4 Å². The molecule has 0 aliphatic heterocycles. The summed E-state index contributed by atoms with van der Waals surface area (Å²) in [6.07, 6.45) is 3.51. The Bertz CT molecular complexity index is 203. The van der Waals surface area contributed by atoms with Crippen LogP contribution < -0.4 is 5.73 Å². The first kappa shape index (κ1) is 7.15. The van der Waals surface area contributed by atoms with Crippen LogP contribution in [0.4, 0.5) is 0 Å². The molecule has 2 N–H and O–H groups in total. The maximum Gasteiger partial charge on any atom is 0.125 e. The van der Waals surface area contributed by atoms with Crippen LogP contribution in [0.3, 0.4) is 0 Å². The molecule has 1 aromatic heterocycles. The molecule has 0 spiro atoms. The van der Waals surface area contributed by atoms with E-state index in [1.807, 2.05) is 13.8 Å². The molecule has 1 rings (SSSR count). The van der Waals surface area contributed by atoms with Gasteiger partial charge in [0.1, 0.15) is 5.82 Å². The minimum Gasteiger partial charge on any atom is -0.324 e. The molecule has 1 aromatic rings. The zero-order chi connectivity index (χ0) is 7.56. The van der Waals surface area contributed by atoms with Crippen LogP contribution in [0.1, 0.15) is 24.4 Å². The summed E-state index contributed by atoms with van der Waals surface area (Å²) in [5.41, 5.74) is 6.56. The average Bonchev–Trinajstić information content (AvgIpc) is 1.88. The van der Waals surface area contributed by atoms with Gasteiger partial charge in [0.2, 0.25) is 0 Å². The van der Waals surface area contributed by atoms with Crippen LogP contribution in [0.25, 0.3) is 0 Å². The van der Waals surface area contributed by atoms with Crippen LogP contribution in [0, 0.1) is 6.92 Å². The van der Waals surface area contributed by atoms with Crippen LogP contribution in [0.15, 0.2) is 12.4 Å². The third-order valence-electron chi connectivity index (χ3n) is 1.33. The number of rotatable bonds is 1. The van der Waals surface area contributed by atoms with Gasteiger partial charge < -0.3 is 5.73 Å². The molecule has 1 unspecified atom stereocenters. The molecule has 0 bridgehead atoms. The lowest BCUT2D eigenvalue weighted by atomic mass is 10.2. The summed E-state index contributed by atoms with van der Waals surface area (Å²) in [5.74, 6) is 0.782. The Morgan fingerprint density at radius 1 is 1.40 bits per heavy atom. The molecule has 0 amide bonds. The molecule has 0 saturated heterocycles. The summed E-state index contributed by atoms with van der Waals surface area (Å²) in [6.45, 7) is 3.76. The van der Waals surface area contributed by atoms with Crippen molar-refractivity contribution in [1.82, 2.24) is 9.97 Å². The smallest absolute Gasteiger partial charge is 0.125 e. The average molecular weight is 137 g/mol. The largest absolute Gasteiger partial charge is 0.324 e. The molecule has 0 aliphatic carbocycles. The summed E-state index contributed by atoms with van der Waals surface area (Å²) >= 11 is 0. The van der Waals surface area contributed by atoms with Gasteiger partial charge in [-0.25, -0.2) is 9.97 Å². The number of aryl methyl sites for hydroxylation is 1. The standard InChI is InChI=1S/C7H11N3/c1-5(8)7-3-9-6(2)10-4-7/h3-5H,8H2,1-2H3. The molecule has 3 nitrogen and oxygen atoms in total. The molecule has 54 valence electrons. The Morgan fingerprint density at radius 2 is 1.90 bits per heavy atom. The minimum atomic E-state index is 0.0283. The van der Waals surface area contributed by atoms with Crippen LogP contribution >= 0.6 is 0 Å². The molecule has 10 heavy (non-hydrogen) atoms. The Balaban J connectivity index is 2.89. The number of hydrogen-bond acceptors (Lipinski definition) is 3. The van der Waals surface area contributed by atoms with Gasteiger partial charge in [-0.05, 0) is 13.8 Å². The fourth-order valence-electron chi connectivity index (χ4n) is 0.638. The lowest BCUT2D eigenvalue weighted by molar-refractivity contribution is 0.797. The SMILES string of the molecule is Cc1ncc(C(C)N)cn1. The van der Waals surface area contributed by atoms with Gasteiger partial charge in [0.25, 0.3) is 0 Å².